The van der Waals surface area contributed by atoms with Crippen molar-refractivity contribution in [2.24, 2.45) is 0 Å². The molecular weight excluding hydrogens is 272 g/mol. The fraction of sp³-hybridized carbons (Fsp3) is 0.438. The summed E-state index contributed by atoms with van der Waals surface area (Å²) >= 11 is 5.96. The molecule has 1 aromatic carbocycles. The van der Waals surface area contributed by atoms with Crippen LogP contribution in [0.15, 0.2) is 30.5 Å². The zero-order valence-electron chi connectivity index (χ0n) is 12.4. The van der Waals surface area contributed by atoms with Gasteiger partial charge in [-0.15, -0.1) is 0 Å². The Balaban J connectivity index is 2.13. The number of benzene rings is 1. The summed E-state index contributed by atoms with van der Waals surface area (Å²) in [6.45, 7) is 8.83. The standard InChI is InChI=1S/C16H21ClN2O/c1-11-14(17)9-18-19(11)10-15(20)12-5-7-13(8-6-12)16(2,3)4/h5-9,15,20H,10H2,1-4H3. The lowest BCUT2D eigenvalue weighted by Gasteiger charge is -2.20. The Hall–Kier alpha value is -1.32. The van der Waals surface area contributed by atoms with Gasteiger partial charge in [0.05, 0.1) is 29.6 Å². The van der Waals surface area contributed by atoms with Gasteiger partial charge in [-0.3, -0.25) is 4.68 Å². The summed E-state index contributed by atoms with van der Waals surface area (Å²) in [6.07, 6.45) is 1.02. The van der Waals surface area contributed by atoms with Crippen LogP contribution in [-0.2, 0) is 12.0 Å². The maximum Gasteiger partial charge on any atom is 0.0986 e. The van der Waals surface area contributed by atoms with E-state index in [1.807, 2.05) is 19.1 Å². The zero-order valence-corrected chi connectivity index (χ0v) is 13.1. The van der Waals surface area contributed by atoms with E-state index >= 15 is 0 Å². The number of nitrogens with zero attached hydrogens (tertiary/aromatic N) is 2. The van der Waals surface area contributed by atoms with Gasteiger partial charge in [0.2, 0.25) is 0 Å². The van der Waals surface area contributed by atoms with Crippen molar-refractivity contribution in [3.8, 4) is 0 Å². The van der Waals surface area contributed by atoms with Crippen LogP contribution in [0.5, 0.6) is 0 Å². The molecule has 0 radical (unpaired) electrons. The molecule has 0 aliphatic rings. The van der Waals surface area contributed by atoms with Crippen molar-refractivity contribution in [1.82, 2.24) is 9.78 Å². The molecule has 1 atom stereocenters. The van der Waals surface area contributed by atoms with Gasteiger partial charge in [-0.05, 0) is 23.5 Å². The molecule has 2 aromatic rings. The molecule has 0 fully saturated rings. The molecule has 0 saturated heterocycles. The Morgan fingerprint density at radius 3 is 2.30 bits per heavy atom. The normalized spacial score (nSPS) is 13.5. The molecule has 1 aromatic heterocycles. The summed E-state index contributed by atoms with van der Waals surface area (Å²) in [4.78, 5) is 0. The van der Waals surface area contributed by atoms with Crippen LogP contribution in [0.25, 0.3) is 0 Å². The number of rotatable bonds is 3. The Kier molecular flexibility index (Phi) is 4.21. The molecule has 20 heavy (non-hydrogen) atoms. The van der Waals surface area contributed by atoms with Gasteiger partial charge in [-0.1, -0.05) is 56.6 Å². The van der Waals surface area contributed by atoms with E-state index in [0.29, 0.717) is 11.6 Å². The highest BCUT2D eigenvalue weighted by Crippen LogP contribution is 2.25. The maximum atomic E-state index is 10.3. The highest BCUT2D eigenvalue weighted by Gasteiger charge is 2.15. The zero-order chi connectivity index (χ0) is 14.9. The molecule has 0 saturated carbocycles. The molecule has 1 N–H and O–H groups in total. The average Bonchev–Trinajstić information content (AvgIpc) is 2.70. The van der Waals surface area contributed by atoms with Gasteiger partial charge < -0.3 is 5.11 Å². The third-order valence-electron chi connectivity index (χ3n) is 3.55. The molecule has 0 bridgehead atoms. The lowest BCUT2D eigenvalue weighted by molar-refractivity contribution is 0.150. The maximum absolute atomic E-state index is 10.3. The molecule has 0 aliphatic carbocycles. The second kappa shape index (κ2) is 5.58. The second-order valence-electron chi connectivity index (χ2n) is 6.15. The number of hydrogen-bond donors (Lipinski definition) is 1. The van der Waals surface area contributed by atoms with Crippen molar-refractivity contribution in [3.05, 3.63) is 52.3 Å². The van der Waals surface area contributed by atoms with Crippen molar-refractivity contribution in [2.45, 2.75) is 45.8 Å². The van der Waals surface area contributed by atoms with Crippen molar-refractivity contribution in [1.29, 1.82) is 0 Å². The fourth-order valence-corrected chi connectivity index (χ4v) is 2.22. The largest absolute Gasteiger partial charge is 0.386 e. The number of halogens is 1. The summed E-state index contributed by atoms with van der Waals surface area (Å²) in [5.74, 6) is 0. The van der Waals surface area contributed by atoms with E-state index in [1.165, 1.54) is 5.56 Å². The van der Waals surface area contributed by atoms with Crippen LogP contribution in [0, 0.1) is 6.92 Å². The van der Waals surface area contributed by atoms with Gasteiger partial charge in [0.25, 0.3) is 0 Å². The lowest BCUT2D eigenvalue weighted by atomic mass is 9.86. The summed E-state index contributed by atoms with van der Waals surface area (Å²) in [7, 11) is 0. The molecule has 1 unspecified atom stereocenters. The molecule has 1 heterocycles. The van der Waals surface area contributed by atoms with Gasteiger partial charge in [-0.25, -0.2) is 0 Å². The molecular formula is C16H21ClN2O. The Bertz CT molecular complexity index is 582. The first kappa shape index (κ1) is 15.1. The van der Waals surface area contributed by atoms with Crippen molar-refractivity contribution in [2.75, 3.05) is 0 Å². The van der Waals surface area contributed by atoms with E-state index in [1.54, 1.807) is 10.9 Å². The Labute approximate surface area is 125 Å². The first-order chi connectivity index (χ1) is 9.29. The molecule has 4 heteroatoms. The number of aromatic nitrogens is 2. The van der Waals surface area contributed by atoms with Gasteiger partial charge in [0, 0.05) is 0 Å². The van der Waals surface area contributed by atoms with Crippen LogP contribution in [0.1, 0.15) is 43.7 Å². The van der Waals surface area contributed by atoms with E-state index in [4.69, 9.17) is 11.6 Å². The van der Waals surface area contributed by atoms with E-state index in [-0.39, 0.29) is 5.41 Å². The summed E-state index contributed by atoms with van der Waals surface area (Å²) in [6, 6.07) is 8.10. The quantitative estimate of drug-likeness (QED) is 0.932. The molecule has 0 aliphatic heterocycles. The number of aliphatic hydroxyl groups excluding tert-OH is 1. The monoisotopic (exact) mass is 292 g/mol. The van der Waals surface area contributed by atoms with E-state index < -0.39 is 6.10 Å². The lowest BCUT2D eigenvalue weighted by Crippen LogP contribution is -2.13. The smallest absolute Gasteiger partial charge is 0.0986 e. The highest BCUT2D eigenvalue weighted by atomic mass is 35.5. The van der Waals surface area contributed by atoms with E-state index in [0.717, 1.165) is 11.3 Å². The minimum Gasteiger partial charge on any atom is -0.386 e. The van der Waals surface area contributed by atoms with Gasteiger partial charge in [0.1, 0.15) is 0 Å². The molecule has 108 valence electrons. The molecule has 0 spiro atoms. The predicted octanol–water partition coefficient (Wildman–Crippen LogP) is 3.88. The summed E-state index contributed by atoms with van der Waals surface area (Å²) in [5, 5.41) is 15.1. The van der Waals surface area contributed by atoms with Crippen LogP contribution in [0.3, 0.4) is 0 Å². The highest BCUT2D eigenvalue weighted by molar-refractivity contribution is 6.31. The predicted molar refractivity (Wildman–Crippen MR) is 82.1 cm³/mol. The number of aliphatic hydroxyl groups is 1. The van der Waals surface area contributed by atoms with Gasteiger partial charge >= 0.3 is 0 Å². The van der Waals surface area contributed by atoms with Crippen molar-refractivity contribution < 1.29 is 5.11 Å². The molecule has 0 amide bonds. The second-order valence-corrected chi connectivity index (χ2v) is 6.56. The summed E-state index contributed by atoms with van der Waals surface area (Å²) < 4.78 is 1.73. The third kappa shape index (κ3) is 3.22. The SMILES string of the molecule is Cc1c(Cl)cnn1CC(O)c1ccc(C(C)(C)C)cc1. The first-order valence-electron chi connectivity index (χ1n) is 6.75. The van der Waals surface area contributed by atoms with Crippen LogP contribution in [0.2, 0.25) is 5.02 Å². The molecule has 2 rings (SSSR count). The molecule has 3 nitrogen and oxygen atoms in total. The van der Waals surface area contributed by atoms with E-state index in [9.17, 15) is 5.11 Å². The van der Waals surface area contributed by atoms with Crippen LogP contribution < -0.4 is 0 Å². The Morgan fingerprint density at radius 1 is 1.25 bits per heavy atom. The van der Waals surface area contributed by atoms with Crippen molar-refractivity contribution >= 4 is 11.6 Å². The van der Waals surface area contributed by atoms with Crippen LogP contribution in [-0.4, -0.2) is 14.9 Å². The minimum absolute atomic E-state index is 0.121. The average molecular weight is 293 g/mol. The van der Waals surface area contributed by atoms with Crippen LogP contribution >= 0.6 is 11.6 Å². The third-order valence-corrected chi connectivity index (χ3v) is 3.92. The van der Waals surface area contributed by atoms with Gasteiger partial charge in [-0.2, -0.15) is 5.10 Å². The minimum atomic E-state index is -0.585. The fourth-order valence-electron chi connectivity index (χ4n) is 2.08. The van der Waals surface area contributed by atoms with E-state index in [2.05, 4.69) is 38.0 Å². The number of hydrogen-bond acceptors (Lipinski definition) is 2. The first-order valence-corrected chi connectivity index (χ1v) is 7.13. The summed E-state index contributed by atoms with van der Waals surface area (Å²) in [5.41, 5.74) is 3.14. The van der Waals surface area contributed by atoms with Crippen molar-refractivity contribution in [3.63, 3.8) is 0 Å². The Morgan fingerprint density at radius 2 is 1.85 bits per heavy atom. The topological polar surface area (TPSA) is 38.0 Å². The van der Waals surface area contributed by atoms with Gasteiger partial charge in [0.15, 0.2) is 0 Å². The van der Waals surface area contributed by atoms with Crippen LogP contribution in [0.4, 0.5) is 0 Å².